The quantitative estimate of drug-likeness (QED) is 0.924. The number of amides is 1. The Morgan fingerprint density at radius 3 is 2.54 bits per heavy atom. The van der Waals surface area contributed by atoms with Gasteiger partial charge in [-0.05, 0) is 36.8 Å². The van der Waals surface area contributed by atoms with Gasteiger partial charge in [0.1, 0.15) is 12.4 Å². The van der Waals surface area contributed by atoms with Crippen molar-refractivity contribution in [3.05, 3.63) is 65.7 Å². The van der Waals surface area contributed by atoms with Gasteiger partial charge in [0.15, 0.2) is 0 Å². The van der Waals surface area contributed by atoms with E-state index in [-0.39, 0.29) is 24.4 Å². The van der Waals surface area contributed by atoms with E-state index >= 15 is 0 Å². The Morgan fingerprint density at radius 1 is 1.17 bits per heavy atom. The normalized spacial score (nSPS) is 17.0. The van der Waals surface area contributed by atoms with Crippen LogP contribution in [0.25, 0.3) is 0 Å². The van der Waals surface area contributed by atoms with Gasteiger partial charge in [-0.3, -0.25) is 4.79 Å². The summed E-state index contributed by atoms with van der Waals surface area (Å²) < 4.78 is 5.72. The van der Waals surface area contributed by atoms with Gasteiger partial charge >= 0.3 is 0 Å². The highest BCUT2D eigenvalue weighted by Crippen LogP contribution is 2.14. The van der Waals surface area contributed by atoms with Crippen LogP contribution in [0.15, 0.2) is 54.6 Å². The number of ether oxygens (including phenoxy) is 1. The monoisotopic (exact) mass is 346 g/mol. The fourth-order valence-corrected chi connectivity index (χ4v) is 2.74. The van der Waals surface area contributed by atoms with Crippen LogP contribution in [0.3, 0.4) is 0 Å². The van der Waals surface area contributed by atoms with E-state index in [2.05, 4.69) is 12.2 Å². The third-order valence-electron chi connectivity index (χ3n) is 4.11. The molecule has 1 heterocycles. The van der Waals surface area contributed by atoms with Crippen molar-refractivity contribution in [1.82, 2.24) is 10.2 Å². The molecule has 1 N–H and O–H groups in total. The van der Waals surface area contributed by atoms with Gasteiger partial charge in [-0.1, -0.05) is 30.3 Å². The minimum Gasteiger partial charge on any atom is -0.489 e. The van der Waals surface area contributed by atoms with Crippen LogP contribution in [0.4, 0.5) is 0 Å². The van der Waals surface area contributed by atoms with Gasteiger partial charge in [-0.2, -0.15) is 0 Å². The first-order chi connectivity index (χ1) is 11.2. The zero-order chi connectivity index (χ0) is 16.1. The Kier molecular flexibility index (Phi) is 6.64. The lowest BCUT2D eigenvalue weighted by Gasteiger charge is -2.34. The van der Waals surface area contributed by atoms with E-state index in [0.717, 1.165) is 36.5 Å². The lowest BCUT2D eigenvalue weighted by atomic mass is 10.1. The smallest absolute Gasteiger partial charge is 0.254 e. The molecule has 2 aromatic carbocycles. The van der Waals surface area contributed by atoms with E-state index in [1.54, 1.807) is 0 Å². The van der Waals surface area contributed by atoms with Crippen molar-refractivity contribution in [3.8, 4) is 5.75 Å². The first-order valence-electron chi connectivity index (χ1n) is 8.02. The number of nitrogens with zero attached hydrogens (tertiary/aromatic N) is 1. The topological polar surface area (TPSA) is 41.6 Å². The summed E-state index contributed by atoms with van der Waals surface area (Å²) in [6.45, 7) is 5.06. The minimum absolute atomic E-state index is 0. The zero-order valence-corrected chi connectivity index (χ0v) is 14.6. The number of hydrogen-bond donors (Lipinski definition) is 1. The summed E-state index contributed by atoms with van der Waals surface area (Å²) in [6.07, 6.45) is 0. The molecule has 2 aromatic rings. The number of hydrogen-bond acceptors (Lipinski definition) is 3. The number of carbonyl (C=O) groups is 1. The number of piperazine rings is 1. The Hall–Kier alpha value is -2.04. The fourth-order valence-electron chi connectivity index (χ4n) is 2.74. The van der Waals surface area contributed by atoms with E-state index in [1.165, 1.54) is 0 Å². The molecule has 0 saturated carbocycles. The number of carbonyl (C=O) groups excluding carboxylic acids is 1. The molecule has 0 aliphatic carbocycles. The predicted molar refractivity (Wildman–Crippen MR) is 97.8 cm³/mol. The molecule has 1 fully saturated rings. The Bertz CT molecular complexity index is 646. The molecule has 0 aromatic heterocycles. The fraction of sp³-hybridized carbons (Fsp3) is 0.316. The van der Waals surface area contributed by atoms with E-state index in [9.17, 15) is 4.79 Å². The van der Waals surface area contributed by atoms with Crippen LogP contribution in [0.2, 0.25) is 0 Å². The molecule has 0 bridgehead atoms. The maximum atomic E-state index is 12.6. The summed E-state index contributed by atoms with van der Waals surface area (Å²) in [5.41, 5.74) is 1.79. The molecule has 0 unspecified atom stereocenters. The Labute approximate surface area is 149 Å². The van der Waals surface area contributed by atoms with Crippen LogP contribution in [-0.2, 0) is 6.61 Å². The third kappa shape index (κ3) is 4.49. The standard InChI is InChI=1S/C19H22N2O2.ClH/c1-15-13-20-11-12-21(15)19(22)17-9-7-16(8-10-17)14-23-18-5-3-2-4-6-18;/h2-10,15,20H,11-14H2,1H3;1H/t15-;/m1./s1. The molecule has 1 saturated heterocycles. The van der Waals surface area contributed by atoms with Gasteiger partial charge in [-0.15, -0.1) is 12.4 Å². The van der Waals surface area contributed by atoms with Gasteiger partial charge in [0, 0.05) is 31.2 Å². The van der Waals surface area contributed by atoms with Crippen molar-refractivity contribution in [2.75, 3.05) is 19.6 Å². The summed E-state index contributed by atoms with van der Waals surface area (Å²) in [7, 11) is 0. The maximum absolute atomic E-state index is 12.6. The van der Waals surface area contributed by atoms with Crippen molar-refractivity contribution >= 4 is 18.3 Å². The molecule has 3 rings (SSSR count). The molecule has 1 amide bonds. The second kappa shape index (κ2) is 8.71. The van der Waals surface area contributed by atoms with E-state index in [0.29, 0.717) is 6.61 Å². The molecule has 0 spiro atoms. The maximum Gasteiger partial charge on any atom is 0.254 e. The van der Waals surface area contributed by atoms with Crippen molar-refractivity contribution in [1.29, 1.82) is 0 Å². The molecular formula is C19H23ClN2O2. The van der Waals surface area contributed by atoms with Crippen LogP contribution < -0.4 is 10.1 Å². The Balaban J connectivity index is 0.00000208. The summed E-state index contributed by atoms with van der Waals surface area (Å²) in [6, 6.07) is 17.7. The van der Waals surface area contributed by atoms with Gasteiger partial charge in [0.25, 0.3) is 5.91 Å². The average Bonchev–Trinajstić information content (AvgIpc) is 2.61. The van der Waals surface area contributed by atoms with Crippen LogP contribution in [0.5, 0.6) is 5.75 Å². The predicted octanol–water partition coefficient (Wildman–Crippen LogP) is 3.12. The molecule has 0 radical (unpaired) electrons. The average molecular weight is 347 g/mol. The highest BCUT2D eigenvalue weighted by atomic mass is 35.5. The summed E-state index contributed by atoms with van der Waals surface area (Å²) in [5.74, 6) is 0.955. The zero-order valence-electron chi connectivity index (χ0n) is 13.8. The second-order valence-corrected chi connectivity index (χ2v) is 5.85. The number of para-hydroxylation sites is 1. The van der Waals surface area contributed by atoms with Crippen LogP contribution in [0.1, 0.15) is 22.8 Å². The summed E-state index contributed by atoms with van der Waals surface area (Å²) in [5, 5.41) is 3.30. The van der Waals surface area contributed by atoms with Gasteiger partial charge in [0.05, 0.1) is 0 Å². The molecule has 1 aliphatic rings. The largest absolute Gasteiger partial charge is 0.489 e. The van der Waals surface area contributed by atoms with Crippen molar-refractivity contribution < 1.29 is 9.53 Å². The van der Waals surface area contributed by atoms with Crippen molar-refractivity contribution in [2.45, 2.75) is 19.6 Å². The molecule has 5 heteroatoms. The third-order valence-corrected chi connectivity index (χ3v) is 4.11. The SMILES string of the molecule is C[C@@H]1CNCCN1C(=O)c1ccc(COc2ccccc2)cc1.Cl. The van der Waals surface area contributed by atoms with Crippen LogP contribution in [0, 0.1) is 0 Å². The molecule has 24 heavy (non-hydrogen) atoms. The van der Waals surface area contributed by atoms with Crippen LogP contribution in [-0.4, -0.2) is 36.5 Å². The first-order valence-corrected chi connectivity index (χ1v) is 8.02. The van der Waals surface area contributed by atoms with Crippen molar-refractivity contribution in [3.63, 3.8) is 0 Å². The number of rotatable bonds is 4. The van der Waals surface area contributed by atoms with E-state index in [4.69, 9.17) is 4.74 Å². The van der Waals surface area contributed by atoms with E-state index in [1.807, 2.05) is 59.5 Å². The molecule has 1 atom stereocenters. The lowest BCUT2D eigenvalue weighted by Crippen LogP contribution is -2.52. The highest BCUT2D eigenvalue weighted by Gasteiger charge is 2.23. The van der Waals surface area contributed by atoms with Crippen molar-refractivity contribution in [2.24, 2.45) is 0 Å². The summed E-state index contributed by atoms with van der Waals surface area (Å²) in [4.78, 5) is 14.5. The van der Waals surface area contributed by atoms with Gasteiger partial charge < -0.3 is 15.0 Å². The molecule has 1 aliphatic heterocycles. The second-order valence-electron chi connectivity index (χ2n) is 5.85. The van der Waals surface area contributed by atoms with E-state index < -0.39 is 0 Å². The molecule has 128 valence electrons. The molecule has 4 nitrogen and oxygen atoms in total. The molecular weight excluding hydrogens is 324 g/mol. The van der Waals surface area contributed by atoms with Gasteiger partial charge in [0.2, 0.25) is 0 Å². The van der Waals surface area contributed by atoms with Gasteiger partial charge in [-0.25, -0.2) is 0 Å². The number of benzene rings is 2. The van der Waals surface area contributed by atoms with Crippen LogP contribution >= 0.6 is 12.4 Å². The first kappa shape index (κ1) is 18.3. The number of nitrogens with one attached hydrogen (secondary N) is 1. The summed E-state index contributed by atoms with van der Waals surface area (Å²) >= 11 is 0. The Morgan fingerprint density at radius 2 is 1.88 bits per heavy atom. The highest BCUT2D eigenvalue weighted by molar-refractivity contribution is 5.94. The minimum atomic E-state index is 0. The lowest BCUT2D eigenvalue weighted by molar-refractivity contribution is 0.0655. The number of halogens is 1.